The third kappa shape index (κ3) is 2.75. The van der Waals surface area contributed by atoms with E-state index in [0.717, 1.165) is 39.9 Å². The lowest BCUT2D eigenvalue weighted by Gasteiger charge is -2.07. The monoisotopic (exact) mass is 306 g/mol. The number of carbonyl (C=O) groups is 1. The van der Waals surface area contributed by atoms with Crippen molar-refractivity contribution in [2.75, 3.05) is 0 Å². The van der Waals surface area contributed by atoms with E-state index in [1.54, 1.807) is 6.08 Å². The molecule has 0 saturated carbocycles. The predicted molar refractivity (Wildman–Crippen MR) is 91.5 cm³/mol. The van der Waals surface area contributed by atoms with Gasteiger partial charge >= 0.3 is 5.97 Å². The summed E-state index contributed by atoms with van der Waals surface area (Å²) in [4.78, 5) is 15.7. The normalized spacial score (nSPS) is 11.4. The second-order valence-electron chi connectivity index (χ2n) is 5.70. The molecule has 0 atom stereocenters. The van der Waals surface area contributed by atoms with Crippen molar-refractivity contribution in [3.8, 4) is 11.3 Å². The summed E-state index contributed by atoms with van der Waals surface area (Å²) >= 11 is 0. The summed E-state index contributed by atoms with van der Waals surface area (Å²) in [7, 11) is 0. The van der Waals surface area contributed by atoms with Gasteiger partial charge in [-0.15, -0.1) is 0 Å². The molecule has 0 amide bonds. The minimum absolute atomic E-state index is 0.785. The van der Waals surface area contributed by atoms with E-state index in [2.05, 4.69) is 13.0 Å². The molecule has 3 rings (SSSR count). The highest BCUT2D eigenvalue weighted by atomic mass is 16.4. The van der Waals surface area contributed by atoms with Gasteiger partial charge in [0.15, 0.2) is 0 Å². The minimum atomic E-state index is -0.972. The first-order valence-corrected chi connectivity index (χ1v) is 7.44. The van der Waals surface area contributed by atoms with Crippen LogP contribution in [0.25, 0.3) is 23.0 Å². The molecule has 23 heavy (non-hydrogen) atoms. The molecule has 1 N–H and O–H groups in total. The van der Waals surface area contributed by atoms with Crippen LogP contribution >= 0.6 is 0 Å². The fourth-order valence-corrected chi connectivity index (χ4v) is 2.86. The number of imidazole rings is 1. The number of fused-ring (bicyclic) bond motifs is 1. The number of aryl methyl sites for hydroxylation is 3. The molecule has 0 aliphatic carbocycles. The largest absolute Gasteiger partial charge is 0.478 e. The molecule has 0 unspecified atom stereocenters. The highest BCUT2D eigenvalue weighted by molar-refractivity contribution is 5.87. The maximum Gasteiger partial charge on any atom is 0.328 e. The van der Waals surface area contributed by atoms with Gasteiger partial charge in [0.2, 0.25) is 0 Å². The molecular weight excluding hydrogens is 288 g/mol. The Morgan fingerprint density at radius 2 is 1.96 bits per heavy atom. The number of rotatable bonds is 3. The van der Waals surface area contributed by atoms with E-state index >= 15 is 0 Å². The zero-order valence-electron chi connectivity index (χ0n) is 13.4. The molecule has 0 spiro atoms. The highest BCUT2D eigenvalue weighted by Gasteiger charge is 2.15. The molecule has 1 aromatic carbocycles. The summed E-state index contributed by atoms with van der Waals surface area (Å²) in [6.45, 7) is 6.08. The van der Waals surface area contributed by atoms with Crippen molar-refractivity contribution in [2.24, 2.45) is 0 Å². The molecule has 0 bridgehead atoms. The fourth-order valence-electron chi connectivity index (χ4n) is 2.86. The van der Waals surface area contributed by atoms with Crippen LogP contribution in [0.3, 0.4) is 0 Å². The molecular formula is C19H18N2O2. The van der Waals surface area contributed by atoms with Gasteiger partial charge in [-0.25, -0.2) is 9.78 Å². The van der Waals surface area contributed by atoms with E-state index in [9.17, 15) is 4.79 Å². The molecule has 3 aromatic rings. The van der Waals surface area contributed by atoms with Crippen LogP contribution in [-0.2, 0) is 4.79 Å². The zero-order valence-corrected chi connectivity index (χ0v) is 13.4. The zero-order chi connectivity index (χ0) is 16.6. The smallest absolute Gasteiger partial charge is 0.328 e. The molecule has 2 heterocycles. The average Bonchev–Trinajstić information content (AvgIpc) is 2.85. The van der Waals surface area contributed by atoms with E-state index in [4.69, 9.17) is 10.1 Å². The average molecular weight is 306 g/mol. The van der Waals surface area contributed by atoms with Gasteiger partial charge < -0.3 is 5.11 Å². The van der Waals surface area contributed by atoms with Crippen LogP contribution in [0.15, 0.2) is 42.5 Å². The lowest BCUT2D eigenvalue weighted by molar-refractivity contribution is -0.131. The summed E-state index contributed by atoms with van der Waals surface area (Å²) in [6.07, 6.45) is 2.77. The number of hydrogen-bond acceptors (Lipinski definition) is 2. The van der Waals surface area contributed by atoms with E-state index in [0.29, 0.717) is 0 Å². The Bertz CT molecular complexity index is 936. The first kappa shape index (κ1) is 15.0. The van der Waals surface area contributed by atoms with Crippen molar-refractivity contribution in [1.82, 2.24) is 9.38 Å². The second kappa shape index (κ2) is 5.72. The van der Waals surface area contributed by atoms with E-state index < -0.39 is 5.97 Å². The Hall–Kier alpha value is -2.88. The third-order valence-corrected chi connectivity index (χ3v) is 3.90. The molecule has 0 aliphatic heterocycles. The predicted octanol–water partition coefficient (Wildman–Crippen LogP) is 4.02. The van der Waals surface area contributed by atoms with Gasteiger partial charge in [0.05, 0.1) is 11.4 Å². The molecule has 0 saturated heterocycles. The number of hydrogen-bond donors (Lipinski definition) is 1. The Labute approximate surface area is 134 Å². The summed E-state index contributed by atoms with van der Waals surface area (Å²) in [5.41, 5.74) is 6.73. The van der Waals surface area contributed by atoms with Gasteiger partial charge in [-0.1, -0.05) is 29.8 Å². The number of aliphatic carboxylic acids is 1. The SMILES string of the molecule is Cc1ccc(-c2nc3cccc(C)n3c2/C=C/C(=O)O)c(C)c1. The lowest BCUT2D eigenvalue weighted by Crippen LogP contribution is -1.95. The van der Waals surface area contributed by atoms with Crippen molar-refractivity contribution < 1.29 is 9.90 Å². The van der Waals surface area contributed by atoms with Crippen molar-refractivity contribution in [3.63, 3.8) is 0 Å². The molecule has 0 radical (unpaired) electrons. The summed E-state index contributed by atoms with van der Waals surface area (Å²) in [5.74, 6) is -0.972. The van der Waals surface area contributed by atoms with E-state index in [1.807, 2.05) is 48.6 Å². The molecule has 2 aromatic heterocycles. The number of benzene rings is 1. The second-order valence-corrected chi connectivity index (χ2v) is 5.70. The minimum Gasteiger partial charge on any atom is -0.478 e. The van der Waals surface area contributed by atoms with Gasteiger partial charge in [-0.05, 0) is 44.5 Å². The van der Waals surface area contributed by atoms with Crippen LogP contribution in [0.2, 0.25) is 0 Å². The van der Waals surface area contributed by atoms with E-state index in [-0.39, 0.29) is 0 Å². The van der Waals surface area contributed by atoms with Crippen LogP contribution in [-0.4, -0.2) is 20.5 Å². The Kier molecular flexibility index (Phi) is 3.74. The van der Waals surface area contributed by atoms with Gasteiger partial charge in [0, 0.05) is 17.3 Å². The van der Waals surface area contributed by atoms with E-state index in [1.165, 1.54) is 5.56 Å². The third-order valence-electron chi connectivity index (χ3n) is 3.90. The number of aromatic nitrogens is 2. The van der Waals surface area contributed by atoms with Gasteiger partial charge in [-0.2, -0.15) is 0 Å². The molecule has 116 valence electrons. The fraction of sp³-hybridized carbons (Fsp3) is 0.158. The van der Waals surface area contributed by atoms with Crippen LogP contribution in [0.1, 0.15) is 22.5 Å². The van der Waals surface area contributed by atoms with Crippen molar-refractivity contribution in [2.45, 2.75) is 20.8 Å². The molecule has 0 fully saturated rings. The first-order valence-electron chi connectivity index (χ1n) is 7.44. The Morgan fingerprint density at radius 3 is 2.65 bits per heavy atom. The molecule has 0 aliphatic rings. The topological polar surface area (TPSA) is 54.6 Å². The van der Waals surface area contributed by atoms with Gasteiger partial charge in [-0.3, -0.25) is 4.40 Å². The van der Waals surface area contributed by atoms with Crippen molar-refractivity contribution in [3.05, 3.63) is 65.0 Å². The van der Waals surface area contributed by atoms with Crippen molar-refractivity contribution >= 4 is 17.7 Å². The van der Waals surface area contributed by atoms with Crippen LogP contribution in [0.5, 0.6) is 0 Å². The maximum absolute atomic E-state index is 11.0. The van der Waals surface area contributed by atoms with Gasteiger partial charge in [0.25, 0.3) is 0 Å². The summed E-state index contributed by atoms with van der Waals surface area (Å²) in [5, 5.41) is 8.99. The number of carboxylic acids is 1. The quantitative estimate of drug-likeness (QED) is 0.743. The first-order chi connectivity index (χ1) is 11.0. The molecule has 4 nitrogen and oxygen atoms in total. The number of carboxylic acid groups (broad SMARTS) is 1. The van der Waals surface area contributed by atoms with Crippen LogP contribution in [0.4, 0.5) is 0 Å². The standard InChI is InChI=1S/C19H18N2O2/c1-12-7-8-15(13(2)11-12)19-16(9-10-18(22)23)21-14(3)5-4-6-17(21)20-19/h4-11H,1-3H3,(H,22,23)/b10-9+. The Morgan fingerprint density at radius 1 is 1.17 bits per heavy atom. The maximum atomic E-state index is 11.0. The lowest BCUT2D eigenvalue weighted by atomic mass is 10.0. The summed E-state index contributed by atoms with van der Waals surface area (Å²) in [6, 6.07) is 12.1. The summed E-state index contributed by atoms with van der Waals surface area (Å²) < 4.78 is 1.98. The van der Waals surface area contributed by atoms with Crippen LogP contribution in [0, 0.1) is 20.8 Å². The number of nitrogens with zero attached hydrogens (tertiary/aromatic N) is 2. The number of pyridine rings is 1. The molecule has 4 heteroatoms. The van der Waals surface area contributed by atoms with Gasteiger partial charge in [0.1, 0.15) is 5.65 Å². The van der Waals surface area contributed by atoms with Crippen molar-refractivity contribution in [1.29, 1.82) is 0 Å². The highest BCUT2D eigenvalue weighted by Crippen LogP contribution is 2.29. The Balaban J connectivity index is 2.33. The van der Waals surface area contributed by atoms with Crippen LogP contribution < -0.4 is 0 Å².